The van der Waals surface area contributed by atoms with Gasteiger partial charge < -0.3 is 15.7 Å². The minimum atomic E-state index is -0.0650. The van der Waals surface area contributed by atoms with E-state index < -0.39 is 0 Å². The molecule has 1 rings (SSSR count). The molecule has 1 fully saturated rings. The number of hydrogen-bond donors (Lipinski definition) is 3. The lowest BCUT2D eigenvalue weighted by Crippen LogP contribution is -2.41. The van der Waals surface area contributed by atoms with Gasteiger partial charge in [-0.15, -0.1) is 0 Å². The summed E-state index contributed by atoms with van der Waals surface area (Å²) in [6, 6.07) is 0. The van der Waals surface area contributed by atoms with Gasteiger partial charge in [0.15, 0.2) is 5.96 Å². The average Bonchev–Trinajstić information content (AvgIpc) is 3.00. The Bertz CT molecular complexity index is 279. The van der Waals surface area contributed by atoms with Gasteiger partial charge in [-0.25, -0.2) is 0 Å². The SMILES string of the molecule is CCNC(=NCC(CC)(CC)CO)NCC1CCCS1. The monoisotopic (exact) mass is 301 g/mol. The number of nitrogens with one attached hydrogen (secondary N) is 2. The van der Waals surface area contributed by atoms with Crippen molar-refractivity contribution in [1.29, 1.82) is 0 Å². The number of rotatable bonds is 8. The van der Waals surface area contributed by atoms with Gasteiger partial charge in [-0.05, 0) is 38.4 Å². The quantitative estimate of drug-likeness (QED) is 0.475. The second-order valence-electron chi connectivity index (χ2n) is 5.58. The van der Waals surface area contributed by atoms with Crippen molar-refractivity contribution in [1.82, 2.24) is 10.6 Å². The number of thioether (sulfide) groups is 1. The van der Waals surface area contributed by atoms with Crippen molar-refractivity contribution in [3.8, 4) is 0 Å². The molecule has 20 heavy (non-hydrogen) atoms. The summed E-state index contributed by atoms with van der Waals surface area (Å²) < 4.78 is 0. The van der Waals surface area contributed by atoms with Crippen LogP contribution in [0.4, 0.5) is 0 Å². The lowest BCUT2D eigenvalue weighted by atomic mass is 9.83. The van der Waals surface area contributed by atoms with E-state index in [4.69, 9.17) is 0 Å². The van der Waals surface area contributed by atoms with Crippen LogP contribution >= 0.6 is 11.8 Å². The Balaban J connectivity index is 2.51. The van der Waals surface area contributed by atoms with Crippen molar-refractivity contribution >= 4 is 17.7 Å². The summed E-state index contributed by atoms with van der Waals surface area (Å²) in [7, 11) is 0. The van der Waals surface area contributed by atoms with Crippen molar-refractivity contribution in [3.63, 3.8) is 0 Å². The maximum atomic E-state index is 9.61. The summed E-state index contributed by atoms with van der Waals surface area (Å²) in [6.45, 7) is 9.09. The van der Waals surface area contributed by atoms with E-state index in [9.17, 15) is 5.11 Å². The van der Waals surface area contributed by atoms with Gasteiger partial charge in [-0.2, -0.15) is 11.8 Å². The Labute approximate surface area is 128 Å². The third-order valence-corrected chi connectivity index (χ3v) is 5.67. The molecule has 1 unspecified atom stereocenters. The standard InChI is InChI=1S/C15H31N3OS/c1-4-15(5-2,12-19)11-18-14(16-6-3)17-10-13-8-7-9-20-13/h13,19H,4-12H2,1-3H3,(H2,16,17,18). The van der Waals surface area contributed by atoms with Crippen LogP contribution in [0, 0.1) is 5.41 Å². The van der Waals surface area contributed by atoms with Crippen molar-refractivity contribution in [2.45, 2.75) is 51.7 Å². The van der Waals surface area contributed by atoms with E-state index in [-0.39, 0.29) is 12.0 Å². The van der Waals surface area contributed by atoms with Gasteiger partial charge in [-0.1, -0.05) is 13.8 Å². The molecule has 0 bridgehead atoms. The summed E-state index contributed by atoms with van der Waals surface area (Å²) in [6.07, 6.45) is 4.56. The fourth-order valence-corrected chi connectivity index (χ4v) is 3.55. The molecular formula is C15H31N3OS. The third kappa shape index (κ3) is 5.52. The van der Waals surface area contributed by atoms with Crippen LogP contribution in [-0.4, -0.2) is 48.3 Å². The molecule has 1 saturated heterocycles. The van der Waals surface area contributed by atoms with Gasteiger partial charge in [0.05, 0.1) is 13.2 Å². The van der Waals surface area contributed by atoms with E-state index in [1.54, 1.807) is 0 Å². The Kier molecular flexibility index (Phi) is 8.38. The highest BCUT2D eigenvalue weighted by atomic mass is 32.2. The lowest BCUT2D eigenvalue weighted by molar-refractivity contribution is 0.123. The van der Waals surface area contributed by atoms with E-state index in [1.165, 1.54) is 18.6 Å². The fraction of sp³-hybridized carbons (Fsp3) is 0.933. The van der Waals surface area contributed by atoms with Crippen molar-refractivity contribution in [2.75, 3.05) is 32.0 Å². The van der Waals surface area contributed by atoms with Crippen LogP contribution < -0.4 is 10.6 Å². The summed E-state index contributed by atoms with van der Waals surface area (Å²) in [5, 5.41) is 17.1. The molecule has 1 heterocycles. The Morgan fingerprint density at radius 1 is 1.30 bits per heavy atom. The molecule has 0 saturated carbocycles. The summed E-state index contributed by atoms with van der Waals surface area (Å²) in [4.78, 5) is 4.68. The first-order valence-corrected chi connectivity index (χ1v) is 8.99. The first-order chi connectivity index (χ1) is 9.69. The van der Waals surface area contributed by atoms with Crippen LogP contribution in [0.15, 0.2) is 4.99 Å². The first kappa shape index (κ1) is 17.6. The molecule has 1 aliphatic heterocycles. The number of aliphatic imine (C=N–C) groups is 1. The molecule has 0 aromatic heterocycles. The van der Waals surface area contributed by atoms with Crippen LogP contribution in [0.5, 0.6) is 0 Å². The number of aliphatic hydroxyl groups is 1. The van der Waals surface area contributed by atoms with E-state index in [0.29, 0.717) is 6.54 Å². The van der Waals surface area contributed by atoms with Gasteiger partial charge in [0.2, 0.25) is 0 Å². The molecule has 3 N–H and O–H groups in total. The Morgan fingerprint density at radius 3 is 2.55 bits per heavy atom. The summed E-state index contributed by atoms with van der Waals surface area (Å²) >= 11 is 2.05. The van der Waals surface area contributed by atoms with Crippen molar-refractivity contribution in [3.05, 3.63) is 0 Å². The second-order valence-corrected chi connectivity index (χ2v) is 6.98. The molecule has 0 spiro atoms. The Hall–Kier alpha value is -0.420. The molecule has 0 aromatic rings. The highest BCUT2D eigenvalue weighted by Crippen LogP contribution is 2.26. The van der Waals surface area contributed by atoms with Crippen LogP contribution in [0.2, 0.25) is 0 Å². The summed E-state index contributed by atoms with van der Waals surface area (Å²) in [5.74, 6) is 2.18. The Morgan fingerprint density at radius 2 is 2.05 bits per heavy atom. The smallest absolute Gasteiger partial charge is 0.191 e. The second kappa shape index (κ2) is 9.50. The molecule has 118 valence electrons. The minimum absolute atomic E-state index is 0.0650. The number of guanidine groups is 1. The average molecular weight is 302 g/mol. The number of aliphatic hydroxyl groups excluding tert-OH is 1. The largest absolute Gasteiger partial charge is 0.396 e. The number of nitrogens with zero attached hydrogens (tertiary/aromatic N) is 1. The molecule has 0 aromatic carbocycles. The topological polar surface area (TPSA) is 56.7 Å². The predicted molar refractivity (Wildman–Crippen MR) is 89.6 cm³/mol. The van der Waals surface area contributed by atoms with Crippen LogP contribution in [0.1, 0.15) is 46.5 Å². The normalized spacial score (nSPS) is 20.2. The lowest BCUT2D eigenvalue weighted by Gasteiger charge is -2.27. The van der Waals surface area contributed by atoms with Gasteiger partial charge in [0.25, 0.3) is 0 Å². The van der Waals surface area contributed by atoms with Gasteiger partial charge in [-0.3, -0.25) is 4.99 Å². The van der Waals surface area contributed by atoms with Gasteiger partial charge in [0, 0.05) is 23.8 Å². The third-order valence-electron chi connectivity index (χ3n) is 4.27. The van der Waals surface area contributed by atoms with Gasteiger partial charge in [0.1, 0.15) is 0 Å². The van der Waals surface area contributed by atoms with Crippen molar-refractivity contribution in [2.24, 2.45) is 10.4 Å². The van der Waals surface area contributed by atoms with Crippen molar-refractivity contribution < 1.29 is 5.11 Å². The predicted octanol–water partition coefficient (Wildman–Crippen LogP) is 2.24. The molecule has 0 aliphatic carbocycles. The maximum Gasteiger partial charge on any atom is 0.191 e. The molecule has 5 heteroatoms. The van der Waals surface area contributed by atoms with Crippen LogP contribution in [0.3, 0.4) is 0 Å². The zero-order valence-electron chi connectivity index (χ0n) is 13.2. The molecule has 1 aliphatic rings. The van der Waals surface area contributed by atoms with E-state index in [0.717, 1.165) is 37.1 Å². The molecule has 0 amide bonds. The van der Waals surface area contributed by atoms with E-state index in [2.05, 4.69) is 48.2 Å². The number of hydrogen-bond acceptors (Lipinski definition) is 3. The molecule has 0 radical (unpaired) electrons. The zero-order chi connectivity index (χ0) is 14.8. The van der Waals surface area contributed by atoms with E-state index in [1.807, 2.05) is 0 Å². The molecular weight excluding hydrogens is 270 g/mol. The van der Waals surface area contributed by atoms with E-state index >= 15 is 0 Å². The molecule has 4 nitrogen and oxygen atoms in total. The first-order valence-electron chi connectivity index (χ1n) is 7.94. The highest BCUT2D eigenvalue weighted by molar-refractivity contribution is 8.00. The zero-order valence-corrected chi connectivity index (χ0v) is 14.1. The summed E-state index contributed by atoms with van der Waals surface area (Å²) in [5.41, 5.74) is -0.0650. The van der Waals surface area contributed by atoms with Crippen LogP contribution in [-0.2, 0) is 0 Å². The fourth-order valence-electron chi connectivity index (χ4n) is 2.35. The minimum Gasteiger partial charge on any atom is -0.396 e. The molecule has 1 atom stereocenters. The highest BCUT2D eigenvalue weighted by Gasteiger charge is 2.25. The maximum absolute atomic E-state index is 9.61. The van der Waals surface area contributed by atoms with Gasteiger partial charge >= 0.3 is 0 Å². The van der Waals surface area contributed by atoms with Crippen LogP contribution in [0.25, 0.3) is 0 Å².